The van der Waals surface area contributed by atoms with Crippen LogP contribution in [-0.2, 0) is 14.4 Å². The number of nitrogens with zero attached hydrogens (tertiary/aromatic N) is 3. The van der Waals surface area contributed by atoms with E-state index in [9.17, 15) is 9.59 Å². The van der Waals surface area contributed by atoms with E-state index in [-0.39, 0.29) is 11.8 Å². The number of rotatable bonds is 4. The quantitative estimate of drug-likeness (QED) is 0.587. The second-order valence-corrected chi connectivity index (χ2v) is 8.49. The fourth-order valence-corrected chi connectivity index (χ4v) is 4.54. The Balaban J connectivity index is 1.57. The molecule has 162 valence electrons. The number of fused-ring (bicyclic) bond motifs is 1. The van der Waals surface area contributed by atoms with E-state index in [1.54, 1.807) is 11.1 Å². The summed E-state index contributed by atoms with van der Waals surface area (Å²) in [5, 5.41) is 1.73. The Labute approximate surface area is 187 Å². The summed E-state index contributed by atoms with van der Waals surface area (Å²) in [6.45, 7) is 1.94. The van der Waals surface area contributed by atoms with Gasteiger partial charge in [0.05, 0.1) is 17.4 Å². The molecular formula is C26H25N3O3. The molecule has 2 saturated heterocycles. The monoisotopic (exact) mass is 427 g/mol. The average molecular weight is 428 g/mol. The Morgan fingerprint density at radius 1 is 0.812 bits per heavy atom. The fraction of sp³-hybridized carbons (Fsp3) is 0.231. The van der Waals surface area contributed by atoms with Crippen LogP contribution in [0.15, 0.2) is 78.9 Å². The summed E-state index contributed by atoms with van der Waals surface area (Å²) in [6, 6.07) is 24.7. The van der Waals surface area contributed by atoms with Gasteiger partial charge < -0.3 is 4.90 Å². The number of carbonyl (C=O) groups excluding carboxylic acids is 2. The van der Waals surface area contributed by atoms with Crippen molar-refractivity contribution in [2.45, 2.75) is 19.1 Å². The maximum atomic E-state index is 13.6. The van der Waals surface area contributed by atoms with Crippen LogP contribution in [0.5, 0.6) is 0 Å². The average Bonchev–Trinajstić information content (AvgIpc) is 3.30. The second kappa shape index (κ2) is 7.80. The van der Waals surface area contributed by atoms with E-state index in [0.29, 0.717) is 5.69 Å². The van der Waals surface area contributed by atoms with Crippen molar-refractivity contribution in [3.05, 3.63) is 90.0 Å². The van der Waals surface area contributed by atoms with E-state index in [1.807, 2.05) is 98.7 Å². The van der Waals surface area contributed by atoms with Gasteiger partial charge in [-0.05, 0) is 54.4 Å². The lowest BCUT2D eigenvalue weighted by atomic mass is 9.90. The van der Waals surface area contributed by atoms with Crippen molar-refractivity contribution in [3.63, 3.8) is 0 Å². The highest BCUT2D eigenvalue weighted by molar-refractivity contribution is 6.24. The van der Waals surface area contributed by atoms with E-state index in [0.717, 1.165) is 22.5 Å². The fourth-order valence-electron chi connectivity index (χ4n) is 4.54. The molecule has 5 rings (SSSR count). The van der Waals surface area contributed by atoms with Gasteiger partial charge in [-0.3, -0.25) is 14.4 Å². The number of hydrogen-bond donors (Lipinski definition) is 0. The predicted molar refractivity (Wildman–Crippen MR) is 124 cm³/mol. The van der Waals surface area contributed by atoms with Crippen LogP contribution < -0.4 is 14.9 Å². The summed E-state index contributed by atoms with van der Waals surface area (Å²) in [6.07, 6.45) is -0.859. The van der Waals surface area contributed by atoms with Gasteiger partial charge in [0.1, 0.15) is 5.92 Å². The first-order valence-corrected chi connectivity index (χ1v) is 10.7. The van der Waals surface area contributed by atoms with Gasteiger partial charge >= 0.3 is 0 Å². The number of carbonyl (C=O) groups is 2. The van der Waals surface area contributed by atoms with Crippen LogP contribution in [0, 0.1) is 12.8 Å². The first-order chi connectivity index (χ1) is 15.5. The number of imide groups is 1. The molecular weight excluding hydrogens is 402 g/mol. The van der Waals surface area contributed by atoms with Gasteiger partial charge in [0.15, 0.2) is 6.10 Å². The van der Waals surface area contributed by atoms with Crippen molar-refractivity contribution < 1.29 is 14.4 Å². The molecule has 0 N–H and O–H groups in total. The number of para-hydroxylation sites is 1. The van der Waals surface area contributed by atoms with Crippen LogP contribution in [-0.4, -0.2) is 32.0 Å². The molecule has 6 heteroatoms. The molecule has 2 aliphatic rings. The van der Waals surface area contributed by atoms with Gasteiger partial charge in [-0.15, -0.1) is 0 Å². The molecule has 3 atom stereocenters. The highest BCUT2D eigenvalue weighted by atomic mass is 16.7. The van der Waals surface area contributed by atoms with Gasteiger partial charge in [0.2, 0.25) is 5.91 Å². The summed E-state index contributed by atoms with van der Waals surface area (Å²) in [7, 11) is 3.97. The Morgan fingerprint density at radius 3 is 2.16 bits per heavy atom. The van der Waals surface area contributed by atoms with Crippen molar-refractivity contribution in [1.29, 1.82) is 0 Å². The van der Waals surface area contributed by atoms with E-state index in [4.69, 9.17) is 4.84 Å². The molecule has 0 radical (unpaired) electrons. The van der Waals surface area contributed by atoms with Gasteiger partial charge in [-0.25, -0.2) is 9.96 Å². The molecule has 0 unspecified atom stereocenters. The zero-order valence-corrected chi connectivity index (χ0v) is 18.3. The molecule has 3 aromatic carbocycles. The Morgan fingerprint density at radius 2 is 1.50 bits per heavy atom. The number of aryl methyl sites for hydroxylation is 1. The van der Waals surface area contributed by atoms with Gasteiger partial charge in [-0.1, -0.05) is 42.5 Å². The first-order valence-electron chi connectivity index (χ1n) is 10.7. The van der Waals surface area contributed by atoms with Crippen LogP contribution in [0.3, 0.4) is 0 Å². The van der Waals surface area contributed by atoms with Crippen molar-refractivity contribution in [1.82, 2.24) is 0 Å². The normalized spacial score (nSPS) is 22.4. The minimum Gasteiger partial charge on any atom is -0.378 e. The second-order valence-electron chi connectivity index (χ2n) is 8.49. The zero-order chi connectivity index (χ0) is 22.4. The van der Waals surface area contributed by atoms with Gasteiger partial charge in [0, 0.05) is 19.8 Å². The SMILES string of the molecule is Cc1cccc(N2C(=O)[C@@H]3[C@@H](ON(c4ccccc4)[C@H]3c3ccc(N(C)C)cc3)C2=O)c1. The summed E-state index contributed by atoms with van der Waals surface area (Å²) in [5.74, 6) is -1.18. The molecule has 2 heterocycles. The topological polar surface area (TPSA) is 53.1 Å². The van der Waals surface area contributed by atoms with Crippen LogP contribution in [0.2, 0.25) is 0 Å². The Kier molecular flexibility index (Phi) is 4.94. The third-order valence-corrected chi connectivity index (χ3v) is 6.14. The third kappa shape index (κ3) is 3.24. The van der Waals surface area contributed by atoms with E-state index in [1.165, 1.54) is 4.90 Å². The summed E-state index contributed by atoms with van der Waals surface area (Å²) in [5.41, 5.74) is 4.38. The lowest BCUT2D eigenvalue weighted by Crippen LogP contribution is -2.37. The maximum Gasteiger partial charge on any atom is 0.266 e. The number of amides is 2. The lowest BCUT2D eigenvalue weighted by Gasteiger charge is -2.29. The summed E-state index contributed by atoms with van der Waals surface area (Å²) >= 11 is 0. The van der Waals surface area contributed by atoms with E-state index >= 15 is 0 Å². The number of hydroxylamine groups is 1. The minimum absolute atomic E-state index is 0.231. The predicted octanol–water partition coefficient (Wildman–Crippen LogP) is 4.11. The molecule has 0 saturated carbocycles. The lowest BCUT2D eigenvalue weighted by molar-refractivity contribution is -0.126. The highest BCUT2D eigenvalue weighted by Gasteiger charge is 2.60. The van der Waals surface area contributed by atoms with Gasteiger partial charge in [0.25, 0.3) is 5.91 Å². The highest BCUT2D eigenvalue weighted by Crippen LogP contribution is 2.47. The van der Waals surface area contributed by atoms with Crippen LogP contribution in [0.4, 0.5) is 17.1 Å². The molecule has 3 aromatic rings. The molecule has 0 spiro atoms. The standard InChI is InChI=1S/C26H25N3O3/c1-17-8-7-11-21(16-17)28-25(30)22-23(18-12-14-19(15-13-18)27(2)3)29(32-24(22)26(28)31)20-9-5-4-6-10-20/h4-16,22-24H,1-3H3/t22-,23-,24+/m0/s1. The summed E-state index contributed by atoms with van der Waals surface area (Å²) < 4.78 is 0. The van der Waals surface area contributed by atoms with Crippen LogP contribution in [0.1, 0.15) is 17.2 Å². The van der Waals surface area contributed by atoms with Crippen molar-refractivity contribution in [2.24, 2.45) is 5.92 Å². The van der Waals surface area contributed by atoms with Crippen LogP contribution in [0.25, 0.3) is 0 Å². The third-order valence-electron chi connectivity index (χ3n) is 6.14. The maximum absolute atomic E-state index is 13.6. The Bertz CT molecular complexity index is 1160. The summed E-state index contributed by atoms with van der Waals surface area (Å²) in [4.78, 5) is 36.5. The molecule has 32 heavy (non-hydrogen) atoms. The first kappa shape index (κ1) is 20.3. The molecule has 2 fully saturated rings. The van der Waals surface area contributed by atoms with Crippen molar-refractivity contribution in [3.8, 4) is 0 Å². The van der Waals surface area contributed by atoms with Crippen LogP contribution >= 0.6 is 0 Å². The van der Waals surface area contributed by atoms with E-state index in [2.05, 4.69) is 0 Å². The van der Waals surface area contributed by atoms with E-state index < -0.39 is 18.1 Å². The van der Waals surface area contributed by atoms with Crippen molar-refractivity contribution in [2.75, 3.05) is 29.0 Å². The molecule has 2 aliphatic heterocycles. The number of anilines is 3. The van der Waals surface area contributed by atoms with Crippen molar-refractivity contribution >= 4 is 28.9 Å². The smallest absolute Gasteiger partial charge is 0.266 e. The molecule has 0 bridgehead atoms. The Hall–Kier alpha value is -3.64. The molecule has 0 aliphatic carbocycles. The zero-order valence-electron chi connectivity index (χ0n) is 18.3. The number of hydrogen-bond acceptors (Lipinski definition) is 5. The molecule has 2 amide bonds. The minimum atomic E-state index is -0.859. The largest absolute Gasteiger partial charge is 0.378 e. The number of benzene rings is 3. The van der Waals surface area contributed by atoms with Gasteiger partial charge in [-0.2, -0.15) is 0 Å². The molecule has 0 aromatic heterocycles. The molecule has 6 nitrogen and oxygen atoms in total.